The predicted molar refractivity (Wildman–Crippen MR) is 104 cm³/mol. The van der Waals surface area contributed by atoms with Crippen LogP contribution < -0.4 is 10.6 Å². The maximum atomic E-state index is 12.7. The predicted octanol–water partition coefficient (Wildman–Crippen LogP) is 2.50. The van der Waals surface area contributed by atoms with Crippen LogP contribution in [-0.2, 0) is 22.5 Å². The molecular formula is C19H22N4O3S. The summed E-state index contributed by atoms with van der Waals surface area (Å²) in [5.74, 6) is -0.162. The second-order valence-electron chi connectivity index (χ2n) is 6.74. The van der Waals surface area contributed by atoms with E-state index in [2.05, 4.69) is 15.6 Å². The number of ether oxygens (including phenoxy) is 1. The van der Waals surface area contributed by atoms with Crippen LogP contribution in [0.2, 0.25) is 0 Å². The van der Waals surface area contributed by atoms with Crippen molar-refractivity contribution in [2.75, 3.05) is 30.8 Å². The summed E-state index contributed by atoms with van der Waals surface area (Å²) in [6.45, 7) is 1.83. The Morgan fingerprint density at radius 2 is 2.22 bits per heavy atom. The monoisotopic (exact) mass is 386 g/mol. The van der Waals surface area contributed by atoms with Gasteiger partial charge in [0.1, 0.15) is 11.8 Å². The third kappa shape index (κ3) is 3.81. The van der Waals surface area contributed by atoms with Crippen molar-refractivity contribution in [1.82, 2.24) is 9.88 Å². The van der Waals surface area contributed by atoms with E-state index in [1.807, 2.05) is 23.1 Å². The highest BCUT2D eigenvalue weighted by Gasteiger charge is 2.26. The lowest BCUT2D eigenvalue weighted by Gasteiger charge is -2.28. The van der Waals surface area contributed by atoms with Gasteiger partial charge in [-0.05, 0) is 42.5 Å². The number of benzene rings is 1. The third-order valence-corrected chi connectivity index (χ3v) is 5.79. The highest BCUT2D eigenvalue weighted by molar-refractivity contribution is 7.13. The van der Waals surface area contributed by atoms with E-state index in [0.29, 0.717) is 25.4 Å². The van der Waals surface area contributed by atoms with Crippen molar-refractivity contribution in [1.29, 1.82) is 0 Å². The summed E-state index contributed by atoms with van der Waals surface area (Å²) in [5.41, 5.74) is 3.48. The molecule has 0 saturated carbocycles. The van der Waals surface area contributed by atoms with E-state index in [-0.39, 0.29) is 17.9 Å². The number of rotatable bonds is 4. The van der Waals surface area contributed by atoms with Gasteiger partial charge in [-0.2, -0.15) is 0 Å². The molecule has 4 rings (SSSR count). The van der Waals surface area contributed by atoms with Crippen molar-refractivity contribution in [3.05, 3.63) is 40.4 Å². The van der Waals surface area contributed by atoms with Crippen molar-refractivity contribution in [3.8, 4) is 0 Å². The maximum absolute atomic E-state index is 12.7. The molecule has 2 aliphatic heterocycles. The first-order chi connectivity index (χ1) is 13.1. The summed E-state index contributed by atoms with van der Waals surface area (Å²) in [6.07, 6.45) is 2.13. The third-order valence-electron chi connectivity index (χ3n) is 4.93. The largest absolute Gasteiger partial charge is 0.368 e. The number of nitrogens with one attached hydrogen (secondary N) is 2. The number of nitrogens with zero attached hydrogens (tertiary/aromatic N) is 2. The molecule has 1 saturated heterocycles. The fourth-order valence-corrected chi connectivity index (χ4v) is 4.11. The summed E-state index contributed by atoms with van der Waals surface area (Å²) >= 11 is 1.42. The Kier molecular flexibility index (Phi) is 5.09. The van der Waals surface area contributed by atoms with Crippen LogP contribution >= 0.6 is 11.3 Å². The molecule has 0 aliphatic carbocycles. The zero-order chi connectivity index (χ0) is 18.8. The lowest BCUT2D eigenvalue weighted by Crippen LogP contribution is -2.36. The van der Waals surface area contributed by atoms with Gasteiger partial charge in [-0.3, -0.25) is 9.59 Å². The van der Waals surface area contributed by atoms with Crippen LogP contribution in [0.5, 0.6) is 0 Å². The van der Waals surface area contributed by atoms with E-state index in [1.54, 1.807) is 12.4 Å². The first kappa shape index (κ1) is 17.9. The molecule has 142 valence electrons. The van der Waals surface area contributed by atoms with Crippen molar-refractivity contribution < 1.29 is 14.3 Å². The molecule has 1 atom stereocenters. The number of carbonyl (C=O) groups is 2. The molecule has 2 aromatic rings. The Bertz CT molecular complexity index is 860. The van der Waals surface area contributed by atoms with E-state index < -0.39 is 0 Å². The van der Waals surface area contributed by atoms with Gasteiger partial charge in [-0.15, -0.1) is 11.3 Å². The van der Waals surface area contributed by atoms with E-state index >= 15 is 0 Å². The standard InChI is InChI=1S/C19H22N4O3S/c1-20-19-22-15(11-27-19)18(25)23-7-6-12-4-5-14(9-13(12)10-23)21-17(24)16-3-2-8-26-16/h4-5,9,11,16H,2-3,6-8,10H2,1H3,(H,20,22)(H,21,24)/t16-/m1/s1. The highest BCUT2D eigenvalue weighted by atomic mass is 32.1. The molecule has 2 N–H and O–H groups in total. The number of hydrogen-bond donors (Lipinski definition) is 2. The van der Waals surface area contributed by atoms with Gasteiger partial charge in [0.15, 0.2) is 5.13 Å². The molecule has 3 heterocycles. The number of fused-ring (bicyclic) bond motifs is 1. The highest BCUT2D eigenvalue weighted by Crippen LogP contribution is 2.25. The van der Waals surface area contributed by atoms with Gasteiger partial charge in [0, 0.05) is 37.8 Å². The van der Waals surface area contributed by atoms with Crippen LogP contribution in [0.1, 0.15) is 34.5 Å². The molecule has 27 heavy (non-hydrogen) atoms. The number of aromatic nitrogens is 1. The minimum atomic E-state index is -0.356. The van der Waals surface area contributed by atoms with Crippen LogP contribution in [0, 0.1) is 0 Å². The van der Waals surface area contributed by atoms with Crippen molar-refractivity contribution in [2.45, 2.75) is 31.9 Å². The van der Waals surface area contributed by atoms with Crippen LogP contribution in [0.3, 0.4) is 0 Å². The first-order valence-electron chi connectivity index (χ1n) is 9.11. The van der Waals surface area contributed by atoms with Gasteiger partial charge in [0.25, 0.3) is 11.8 Å². The molecule has 1 aromatic carbocycles. The smallest absolute Gasteiger partial charge is 0.273 e. The quantitative estimate of drug-likeness (QED) is 0.844. The number of amides is 2. The van der Waals surface area contributed by atoms with Gasteiger partial charge in [0.05, 0.1) is 0 Å². The summed E-state index contributed by atoms with van der Waals surface area (Å²) in [7, 11) is 1.79. The van der Waals surface area contributed by atoms with Gasteiger partial charge < -0.3 is 20.3 Å². The molecule has 0 radical (unpaired) electrons. The summed E-state index contributed by atoms with van der Waals surface area (Å²) < 4.78 is 5.43. The first-order valence-corrected chi connectivity index (χ1v) is 9.99. The summed E-state index contributed by atoms with van der Waals surface area (Å²) in [6, 6.07) is 5.91. The Morgan fingerprint density at radius 3 is 2.96 bits per heavy atom. The van der Waals surface area contributed by atoms with Gasteiger partial charge in [-0.1, -0.05) is 6.07 Å². The Balaban J connectivity index is 1.46. The van der Waals surface area contributed by atoms with Crippen molar-refractivity contribution in [3.63, 3.8) is 0 Å². The zero-order valence-corrected chi connectivity index (χ0v) is 16.0. The van der Waals surface area contributed by atoms with Crippen LogP contribution in [0.4, 0.5) is 10.8 Å². The molecule has 8 heteroatoms. The fraction of sp³-hybridized carbons (Fsp3) is 0.421. The van der Waals surface area contributed by atoms with Crippen molar-refractivity contribution >= 4 is 34.0 Å². The second kappa shape index (κ2) is 7.66. The molecule has 2 amide bonds. The number of thiazole rings is 1. The number of carbonyl (C=O) groups excluding carboxylic acids is 2. The van der Waals surface area contributed by atoms with Crippen molar-refractivity contribution in [2.24, 2.45) is 0 Å². The number of hydrogen-bond acceptors (Lipinski definition) is 6. The second-order valence-corrected chi connectivity index (χ2v) is 7.60. The topological polar surface area (TPSA) is 83.6 Å². The summed E-state index contributed by atoms with van der Waals surface area (Å²) in [5, 5.41) is 8.40. The average molecular weight is 386 g/mol. The van der Waals surface area contributed by atoms with Gasteiger partial charge in [-0.25, -0.2) is 4.98 Å². The Morgan fingerprint density at radius 1 is 1.33 bits per heavy atom. The van der Waals surface area contributed by atoms with E-state index in [4.69, 9.17) is 4.74 Å². The minimum absolute atomic E-state index is 0.0628. The molecule has 0 unspecified atom stereocenters. The molecule has 0 bridgehead atoms. The van der Waals surface area contributed by atoms with Crippen LogP contribution in [0.25, 0.3) is 0 Å². The molecule has 1 fully saturated rings. The average Bonchev–Trinajstić information content (AvgIpc) is 3.38. The maximum Gasteiger partial charge on any atom is 0.273 e. The lowest BCUT2D eigenvalue weighted by molar-refractivity contribution is -0.124. The van der Waals surface area contributed by atoms with E-state index in [9.17, 15) is 9.59 Å². The van der Waals surface area contributed by atoms with E-state index in [0.717, 1.165) is 35.6 Å². The lowest BCUT2D eigenvalue weighted by atomic mass is 9.98. The molecule has 7 nitrogen and oxygen atoms in total. The Hall–Kier alpha value is -2.45. The SMILES string of the molecule is CNc1nc(C(=O)N2CCc3ccc(NC(=O)[C@H]4CCCO4)cc3C2)cs1. The summed E-state index contributed by atoms with van der Waals surface area (Å²) in [4.78, 5) is 31.1. The van der Waals surface area contributed by atoms with E-state index in [1.165, 1.54) is 16.9 Å². The molecule has 0 spiro atoms. The van der Waals surface area contributed by atoms with Gasteiger partial charge in [0.2, 0.25) is 0 Å². The molecule has 1 aromatic heterocycles. The van der Waals surface area contributed by atoms with Crippen LogP contribution in [0.15, 0.2) is 23.6 Å². The van der Waals surface area contributed by atoms with Crippen LogP contribution in [-0.4, -0.2) is 48.0 Å². The molecular weight excluding hydrogens is 364 g/mol. The normalized spacial score (nSPS) is 18.9. The minimum Gasteiger partial charge on any atom is -0.368 e. The zero-order valence-electron chi connectivity index (χ0n) is 15.2. The number of anilines is 2. The van der Waals surface area contributed by atoms with Gasteiger partial charge >= 0.3 is 0 Å². The fourth-order valence-electron chi connectivity index (χ4n) is 3.46. The Labute approximate surface area is 161 Å². The molecule has 2 aliphatic rings.